The van der Waals surface area contributed by atoms with Crippen LogP contribution in [0.5, 0.6) is 0 Å². The molecule has 2 fully saturated rings. The molecule has 0 bridgehead atoms. The average molecular weight is 445 g/mol. The van der Waals surface area contributed by atoms with Crippen molar-refractivity contribution in [2.75, 3.05) is 37.7 Å². The normalized spacial score (nSPS) is 20.0. The van der Waals surface area contributed by atoms with Gasteiger partial charge in [-0.3, -0.25) is 4.79 Å². The highest BCUT2D eigenvalue weighted by molar-refractivity contribution is 7.89. The SMILES string of the molecule is Cc1ccc(S(=O)(=O)N2CCC[C@H]2C(=O)NCc2cccnc2N2CCOCC2)cc1. The largest absolute Gasteiger partial charge is 0.378 e. The first kappa shape index (κ1) is 21.7. The second kappa shape index (κ2) is 9.33. The number of aryl methyl sites for hydroxylation is 1. The predicted molar refractivity (Wildman–Crippen MR) is 117 cm³/mol. The van der Waals surface area contributed by atoms with Crippen molar-refractivity contribution in [3.63, 3.8) is 0 Å². The molecule has 2 aliphatic rings. The van der Waals surface area contributed by atoms with Gasteiger partial charge in [-0.05, 0) is 38.0 Å². The van der Waals surface area contributed by atoms with Crippen molar-refractivity contribution >= 4 is 21.7 Å². The number of nitrogens with zero attached hydrogens (tertiary/aromatic N) is 3. The van der Waals surface area contributed by atoms with Gasteiger partial charge in [0.05, 0.1) is 18.1 Å². The quantitative estimate of drug-likeness (QED) is 0.729. The molecule has 3 heterocycles. The second-order valence-electron chi connectivity index (χ2n) is 7.89. The maximum atomic E-state index is 13.1. The molecule has 4 rings (SSSR count). The van der Waals surface area contributed by atoms with E-state index < -0.39 is 16.1 Å². The summed E-state index contributed by atoms with van der Waals surface area (Å²) in [6, 6.07) is 9.82. The lowest BCUT2D eigenvalue weighted by molar-refractivity contribution is -0.124. The van der Waals surface area contributed by atoms with Crippen molar-refractivity contribution in [2.45, 2.75) is 37.2 Å². The lowest BCUT2D eigenvalue weighted by Crippen LogP contribution is -2.45. The summed E-state index contributed by atoms with van der Waals surface area (Å²) in [4.78, 5) is 19.8. The highest BCUT2D eigenvalue weighted by Gasteiger charge is 2.39. The number of anilines is 1. The van der Waals surface area contributed by atoms with Crippen LogP contribution in [0.3, 0.4) is 0 Å². The van der Waals surface area contributed by atoms with Gasteiger partial charge in [0, 0.05) is 37.9 Å². The Hall–Kier alpha value is -2.49. The molecular formula is C22H28N4O4S. The van der Waals surface area contributed by atoms with Crippen molar-refractivity contribution in [3.05, 3.63) is 53.7 Å². The Labute approximate surface area is 183 Å². The van der Waals surface area contributed by atoms with E-state index >= 15 is 0 Å². The Bertz CT molecular complexity index is 1020. The molecule has 2 saturated heterocycles. The van der Waals surface area contributed by atoms with Gasteiger partial charge < -0.3 is 15.0 Å². The third kappa shape index (κ3) is 4.73. The number of rotatable bonds is 6. The molecule has 1 aromatic heterocycles. The molecule has 1 amide bonds. The number of benzene rings is 1. The first-order valence-electron chi connectivity index (χ1n) is 10.6. The summed E-state index contributed by atoms with van der Waals surface area (Å²) in [6.45, 7) is 5.36. The maximum absolute atomic E-state index is 13.1. The van der Waals surface area contributed by atoms with Gasteiger partial charge in [0.15, 0.2) is 0 Å². The summed E-state index contributed by atoms with van der Waals surface area (Å²) in [5, 5.41) is 2.94. The molecule has 1 aromatic carbocycles. The number of sulfonamides is 1. The molecule has 9 heteroatoms. The zero-order valence-corrected chi connectivity index (χ0v) is 18.5. The molecule has 0 unspecified atom stereocenters. The second-order valence-corrected chi connectivity index (χ2v) is 9.78. The highest BCUT2D eigenvalue weighted by atomic mass is 32.2. The summed E-state index contributed by atoms with van der Waals surface area (Å²) in [5.74, 6) is 0.562. The third-order valence-electron chi connectivity index (χ3n) is 5.77. The lowest BCUT2D eigenvalue weighted by atomic mass is 10.2. The van der Waals surface area contributed by atoms with E-state index in [2.05, 4.69) is 15.2 Å². The first-order valence-corrected chi connectivity index (χ1v) is 12.0. The predicted octanol–water partition coefficient (Wildman–Crippen LogP) is 1.70. The molecule has 2 aromatic rings. The number of morpholine rings is 1. The monoisotopic (exact) mass is 444 g/mol. The molecule has 0 spiro atoms. The highest BCUT2D eigenvalue weighted by Crippen LogP contribution is 2.27. The van der Waals surface area contributed by atoms with E-state index in [1.54, 1.807) is 30.5 Å². The van der Waals surface area contributed by atoms with Gasteiger partial charge in [-0.2, -0.15) is 4.31 Å². The molecular weight excluding hydrogens is 416 g/mol. The number of amides is 1. The Morgan fingerprint density at radius 1 is 1.16 bits per heavy atom. The molecule has 31 heavy (non-hydrogen) atoms. The molecule has 8 nitrogen and oxygen atoms in total. The van der Waals surface area contributed by atoms with Crippen molar-refractivity contribution in [1.29, 1.82) is 0 Å². The van der Waals surface area contributed by atoms with E-state index in [0.29, 0.717) is 39.1 Å². The summed E-state index contributed by atoms with van der Waals surface area (Å²) >= 11 is 0. The molecule has 1 N–H and O–H groups in total. The number of hydrogen-bond donors (Lipinski definition) is 1. The van der Waals surface area contributed by atoms with Crippen LogP contribution in [0, 0.1) is 6.92 Å². The molecule has 2 aliphatic heterocycles. The number of pyridine rings is 1. The summed E-state index contributed by atoms with van der Waals surface area (Å²) < 4.78 is 33.0. The Morgan fingerprint density at radius 3 is 2.65 bits per heavy atom. The number of aromatic nitrogens is 1. The van der Waals surface area contributed by atoms with Gasteiger partial charge in [-0.1, -0.05) is 23.8 Å². The van der Waals surface area contributed by atoms with Crippen LogP contribution in [0.4, 0.5) is 5.82 Å². The van der Waals surface area contributed by atoms with Crippen molar-refractivity contribution in [2.24, 2.45) is 0 Å². The summed E-state index contributed by atoms with van der Waals surface area (Å²) in [6.07, 6.45) is 2.92. The van der Waals surface area contributed by atoms with E-state index in [9.17, 15) is 13.2 Å². The third-order valence-corrected chi connectivity index (χ3v) is 7.69. The van der Waals surface area contributed by atoms with Crippen molar-refractivity contribution in [1.82, 2.24) is 14.6 Å². The van der Waals surface area contributed by atoms with Gasteiger partial charge >= 0.3 is 0 Å². The number of carbonyl (C=O) groups is 1. The average Bonchev–Trinajstić information content (AvgIpc) is 3.30. The van der Waals surface area contributed by atoms with Crippen LogP contribution in [0.2, 0.25) is 0 Å². The lowest BCUT2D eigenvalue weighted by Gasteiger charge is -2.29. The van der Waals surface area contributed by atoms with Crippen molar-refractivity contribution in [3.8, 4) is 0 Å². The van der Waals surface area contributed by atoms with E-state index in [1.165, 1.54) is 4.31 Å². The zero-order chi connectivity index (χ0) is 21.8. The standard InChI is InChI=1S/C22H28N4O4S/c1-17-6-8-19(9-7-17)31(28,29)26-11-3-5-20(26)22(27)24-16-18-4-2-10-23-21(18)25-12-14-30-15-13-25/h2,4,6-10,20H,3,5,11-16H2,1H3,(H,24,27)/t20-/m0/s1. The smallest absolute Gasteiger partial charge is 0.243 e. The fraction of sp³-hybridized carbons (Fsp3) is 0.455. The zero-order valence-electron chi connectivity index (χ0n) is 17.7. The van der Waals surface area contributed by atoms with Gasteiger partial charge in [0.2, 0.25) is 15.9 Å². The minimum atomic E-state index is -3.72. The van der Waals surface area contributed by atoms with Crippen LogP contribution in [0.1, 0.15) is 24.0 Å². The van der Waals surface area contributed by atoms with E-state index in [1.807, 2.05) is 19.1 Å². The fourth-order valence-electron chi connectivity index (χ4n) is 4.06. The molecule has 1 atom stereocenters. The van der Waals surface area contributed by atoms with Gasteiger partial charge in [0.25, 0.3) is 0 Å². The number of carbonyl (C=O) groups excluding carboxylic acids is 1. The molecule has 0 saturated carbocycles. The van der Waals surface area contributed by atoms with Crippen LogP contribution >= 0.6 is 0 Å². The van der Waals surface area contributed by atoms with Crippen LogP contribution in [0.15, 0.2) is 47.5 Å². The van der Waals surface area contributed by atoms with E-state index in [4.69, 9.17) is 4.74 Å². The summed E-state index contributed by atoms with van der Waals surface area (Å²) in [7, 11) is -3.72. The van der Waals surface area contributed by atoms with Crippen LogP contribution in [-0.4, -0.2) is 62.5 Å². The first-order chi connectivity index (χ1) is 15.0. The topological polar surface area (TPSA) is 91.8 Å². The Kier molecular flexibility index (Phi) is 6.54. The molecule has 0 radical (unpaired) electrons. The maximum Gasteiger partial charge on any atom is 0.243 e. The fourth-order valence-corrected chi connectivity index (χ4v) is 5.72. The van der Waals surface area contributed by atoms with Gasteiger partial charge in [-0.25, -0.2) is 13.4 Å². The van der Waals surface area contributed by atoms with Gasteiger partial charge in [0.1, 0.15) is 11.9 Å². The Morgan fingerprint density at radius 2 is 1.90 bits per heavy atom. The molecule has 0 aliphatic carbocycles. The van der Waals surface area contributed by atoms with Crippen LogP contribution in [-0.2, 0) is 26.1 Å². The number of hydrogen-bond acceptors (Lipinski definition) is 6. The number of ether oxygens (including phenoxy) is 1. The molecule has 166 valence electrons. The Balaban J connectivity index is 1.46. The summed E-state index contributed by atoms with van der Waals surface area (Å²) in [5.41, 5.74) is 1.89. The van der Waals surface area contributed by atoms with E-state index in [0.717, 1.165) is 30.0 Å². The van der Waals surface area contributed by atoms with Crippen LogP contribution in [0.25, 0.3) is 0 Å². The van der Waals surface area contributed by atoms with Crippen molar-refractivity contribution < 1.29 is 17.9 Å². The minimum Gasteiger partial charge on any atom is -0.378 e. The van der Waals surface area contributed by atoms with Crippen LogP contribution < -0.4 is 10.2 Å². The van der Waals surface area contributed by atoms with Gasteiger partial charge in [-0.15, -0.1) is 0 Å². The minimum absolute atomic E-state index is 0.222. The van der Waals surface area contributed by atoms with E-state index in [-0.39, 0.29) is 10.8 Å². The number of nitrogens with one attached hydrogen (secondary N) is 1.